The average Bonchev–Trinajstić information content (AvgIpc) is 2.43. The second kappa shape index (κ2) is 6.57. The molecule has 106 valence electrons. The van der Waals surface area contributed by atoms with Gasteiger partial charge in [0.1, 0.15) is 5.82 Å². The van der Waals surface area contributed by atoms with Crippen LogP contribution in [0.5, 0.6) is 0 Å². The van der Waals surface area contributed by atoms with E-state index in [1.165, 1.54) is 6.07 Å². The Morgan fingerprint density at radius 2 is 2.05 bits per heavy atom. The monoisotopic (exact) mass is 356 g/mol. The summed E-state index contributed by atoms with van der Waals surface area (Å²) in [7, 11) is 0. The fourth-order valence-electron chi connectivity index (χ4n) is 1.89. The summed E-state index contributed by atoms with van der Waals surface area (Å²) in [6.45, 7) is 2.36. The van der Waals surface area contributed by atoms with Crippen molar-refractivity contribution in [1.29, 1.82) is 0 Å². The van der Waals surface area contributed by atoms with Crippen LogP contribution in [0.2, 0.25) is 5.02 Å². The molecule has 2 rings (SSSR count). The highest BCUT2D eigenvalue weighted by Crippen LogP contribution is 2.26. The SMILES string of the molecule is Cc1ccc(C(CN)Nc2ccc(F)c(Br)c2)cc1Cl. The van der Waals surface area contributed by atoms with Crippen LogP contribution in [0.25, 0.3) is 0 Å². The molecule has 0 saturated carbocycles. The largest absolute Gasteiger partial charge is 0.377 e. The maximum atomic E-state index is 13.2. The van der Waals surface area contributed by atoms with Crippen molar-refractivity contribution in [2.24, 2.45) is 5.73 Å². The third-order valence-corrected chi connectivity index (χ3v) is 4.11. The van der Waals surface area contributed by atoms with Gasteiger partial charge in [0.15, 0.2) is 0 Å². The lowest BCUT2D eigenvalue weighted by atomic mass is 10.0. The lowest BCUT2D eigenvalue weighted by Crippen LogP contribution is -2.20. The Morgan fingerprint density at radius 1 is 1.30 bits per heavy atom. The molecule has 0 saturated heterocycles. The molecule has 5 heteroatoms. The molecule has 0 aliphatic heterocycles. The first-order valence-corrected chi connectivity index (χ1v) is 7.36. The zero-order valence-corrected chi connectivity index (χ0v) is 13.3. The number of aryl methyl sites for hydroxylation is 1. The molecule has 0 fully saturated rings. The molecule has 3 N–H and O–H groups in total. The van der Waals surface area contributed by atoms with Gasteiger partial charge < -0.3 is 11.1 Å². The molecule has 0 amide bonds. The van der Waals surface area contributed by atoms with E-state index in [0.29, 0.717) is 16.0 Å². The molecule has 2 aromatic rings. The van der Waals surface area contributed by atoms with Gasteiger partial charge in [-0.15, -0.1) is 0 Å². The smallest absolute Gasteiger partial charge is 0.137 e. The Morgan fingerprint density at radius 3 is 2.65 bits per heavy atom. The van der Waals surface area contributed by atoms with Gasteiger partial charge in [-0.05, 0) is 58.2 Å². The molecule has 0 bridgehead atoms. The highest BCUT2D eigenvalue weighted by molar-refractivity contribution is 9.10. The van der Waals surface area contributed by atoms with E-state index in [2.05, 4.69) is 21.2 Å². The van der Waals surface area contributed by atoms with Crippen molar-refractivity contribution in [2.45, 2.75) is 13.0 Å². The van der Waals surface area contributed by atoms with Crippen LogP contribution in [0, 0.1) is 12.7 Å². The average molecular weight is 358 g/mol. The predicted octanol–water partition coefficient (Wildman–Crippen LogP) is 4.66. The Bertz CT molecular complexity index is 619. The minimum absolute atomic E-state index is 0.0783. The molecule has 0 aromatic heterocycles. The molecule has 2 aromatic carbocycles. The zero-order chi connectivity index (χ0) is 14.7. The Kier molecular flexibility index (Phi) is 5.02. The summed E-state index contributed by atoms with van der Waals surface area (Å²) in [5.74, 6) is -0.293. The fourth-order valence-corrected chi connectivity index (χ4v) is 2.46. The zero-order valence-electron chi connectivity index (χ0n) is 11.0. The summed E-state index contributed by atoms with van der Waals surface area (Å²) in [6, 6.07) is 10.5. The van der Waals surface area contributed by atoms with Crippen molar-refractivity contribution in [2.75, 3.05) is 11.9 Å². The van der Waals surface area contributed by atoms with E-state index in [0.717, 1.165) is 16.8 Å². The summed E-state index contributed by atoms with van der Waals surface area (Å²) in [5.41, 5.74) is 8.64. The number of nitrogens with two attached hydrogens (primary N) is 1. The summed E-state index contributed by atoms with van der Waals surface area (Å²) in [6.07, 6.45) is 0. The van der Waals surface area contributed by atoms with Gasteiger partial charge in [-0.2, -0.15) is 0 Å². The number of halogens is 3. The van der Waals surface area contributed by atoms with Gasteiger partial charge in [0, 0.05) is 17.3 Å². The maximum absolute atomic E-state index is 13.2. The molecule has 0 aliphatic carbocycles. The topological polar surface area (TPSA) is 38.0 Å². The molecule has 2 nitrogen and oxygen atoms in total. The van der Waals surface area contributed by atoms with E-state index in [1.54, 1.807) is 12.1 Å². The van der Waals surface area contributed by atoms with Crippen LogP contribution >= 0.6 is 27.5 Å². The molecule has 1 unspecified atom stereocenters. The van der Waals surface area contributed by atoms with Gasteiger partial charge in [-0.1, -0.05) is 23.7 Å². The van der Waals surface area contributed by atoms with E-state index in [4.69, 9.17) is 17.3 Å². The first-order valence-electron chi connectivity index (χ1n) is 6.19. The molecule has 20 heavy (non-hydrogen) atoms. The molecule has 0 radical (unpaired) electrons. The second-order valence-electron chi connectivity index (χ2n) is 4.57. The predicted molar refractivity (Wildman–Crippen MR) is 85.7 cm³/mol. The molecule has 0 spiro atoms. The molecule has 0 aliphatic rings. The number of hydrogen-bond donors (Lipinski definition) is 2. The molecule has 1 atom stereocenters. The van der Waals surface area contributed by atoms with Crippen LogP contribution in [0.4, 0.5) is 10.1 Å². The van der Waals surface area contributed by atoms with E-state index in [9.17, 15) is 4.39 Å². The third-order valence-electron chi connectivity index (χ3n) is 3.09. The minimum atomic E-state index is -0.293. The Balaban J connectivity index is 2.23. The highest BCUT2D eigenvalue weighted by atomic mass is 79.9. The molecule has 0 heterocycles. The highest BCUT2D eigenvalue weighted by Gasteiger charge is 2.11. The van der Waals surface area contributed by atoms with Crippen molar-refractivity contribution in [3.05, 3.63) is 62.8 Å². The van der Waals surface area contributed by atoms with Gasteiger partial charge in [0.25, 0.3) is 0 Å². The van der Waals surface area contributed by atoms with E-state index in [-0.39, 0.29) is 11.9 Å². The van der Waals surface area contributed by atoms with Gasteiger partial charge in [-0.25, -0.2) is 4.39 Å². The summed E-state index contributed by atoms with van der Waals surface area (Å²) in [5, 5.41) is 3.99. The van der Waals surface area contributed by atoms with E-state index >= 15 is 0 Å². The Labute approximate surface area is 131 Å². The van der Waals surface area contributed by atoms with Crippen LogP contribution in [-0.4, -0.2) is 6.54 Å². The lowest BCUT2D eigenvalue weighted by Gasteiger charge is -2.19. The normalized spacial score (nSPS) is 12.2. The van der Waals surface area contributed by atoms with Crippen molar-refractivity contribution in [3.8, 4) is 0 Å². The first-order chi connectivity index (χ1) is 9.51. The van der Waals surface area contributed by atoms with Crippen molar-refractivity contribution in [1.82, 2.24) is 0 Å². The van der Waals surface area contributed by atoms with E-state index in [1.807, 2.05) is 25.1 Å². The lowest BCUT2D eigenvalue weighted by molar-refractivity contribution is 0.621. The van der Waals surface area contributed by atoms with Crippen molar-refractivity contribution < 1.29 is 4.39 Å². The maximum Gasteiger partial charge on any atom is 0.137 e. The minimum Gasteiger partial charge on any atom is -0.377 e. The second-order valence-corrected chi connectivity index (χ2v) is 5.83. The number of benzene rings is 2. The standard InChI is InChI=1S/C15H15BrClFN2/c1-9-2-3-10(6-13(9)17)15(8-19)20-11-4-5-14(18)12(16)7-11/h2-7,15,20H,8,19H2,1H3. The Hall–Kier alpha value is -1.10. The van der Waals surface area contributed by atoms with Gasteiger partial charge in [0.05, 0.1) is 10.5 Å². The summed E-state index contributed by atoms with van der Waals surface area (Å²) < 4.78 is 13.6. The molecular weight excluding hydrogens is 343 g/mol. The molecular formula is C15H15BrClFN2. The van der Waals surface area contributed by atoms with Crippen molar-refractivity contribution in [3.63, 3.8) is 0 Å². The van der Waals surface area contributed by atoms with Gasteiger partial charge in [0.2, 0.25) is 0 Å². The first kappa shape index (κ1) is 15.3. The summed E-state index contributed by atoms with van der Waals surface area (Å²) in [4.78, 5) is 0. The number of rotatable bonds is 4. The quantitative estimate of drug-likeness (QED) is 0.835. The van der Waals surface area contributed by atoms with Crippen molar-refractivity contribution >= 4 is 33.2 Å². The fraction of sp³-hybridized carbons (Fsp3) is 0.200. The van der Waals surface area contributed by atoms with E-state index < -0.39 is 0 Å². The van der Waals surface area contributed by atoms with Crippen LogP contribution in [0.3, 0.4) is 0 Å². The van der Waals surface area contributed by atoms with Gasteiger partial charge >= 0.3 is 0 Å². The van der Waals surface area contributed by atoms with Crippen LogP contribution in [0.15, 0.2) is 40.9 Å². The van der Waals surface area contributed by atoms with Gasteiger partial charge in [-0.3, -0.25) is 0 Å². The number of nitrogens with one attached hydrogen (secondary N) is 1. The van der Waals surface area contributed by atoms with Crippen LogP contribution in [0.1, 0.15) is 17.2 Å². The van der Waals surface area contributed by atoms with Crippen LogP contribution < -0.4 is 11.1 Å². The number of anilines is 1. The number of hydrogen-bond acceptors (Lipinski definition) is 2. The van der Waals surface area contributed by atoms with Crippen LogP contribution in [-0.2, 0) is 0 Å². The summed E-state index contributed by atoms with van der Waals surface area (Å²) >= 11 is 9.31. The third kappa shape index (κ3) is 3.51.